The van der Waals surface area contributed by atoms with Crippen molar-refractivity contribution in [3.63, 3.8) is 0 Å². The molecule has 0 bridgehead atoms. The first-order valence-corrected chi connectivity index (χ1v) is 15.3. The summed E-state index contributed by atoms with van der Waals surface area (Å²) in [5.41, 5.74) is 9.00. The topological polar surface area (TPSA) is 51.8 Å². The van der Waals surface area contributed by atoms with Crippen molar-refractivity contribution in [2.45, 2.75) is 38.5 Å². The van der Waals surface area contributed by atoms with Gasteiger partial charge in [-0.3, -0.25) is 4.98 Å². The Bertz CT molecular complexity index is 2340. The second-order valence-corrected chi connectivity index (χ2v) is 12.7. The fourth-order valence-corrected chi connectivity index (χ4v) is 6.79. The molecule has 0 N–H and O–H groups in total. The van der Waals surface area contributed by atoms with Crippen LogP contribution >= 0.6 is 0 Å². The third-order valence-corrected chi connectivity index (χ3v) is 9.84. The molecule has 0 saturated carbocycles. The van der Waals surface area contributed by atoms with Crippen molar-refractivity contribution >= 4 is 43.6 Å². The second-order valence-electron chi connectivity index (χ2n) is 12.7. The maximum atomic E-state index is 6.83. The SMILES string of the molecule is CC1(C)c2cccnc2-c2[c-]cc3c(oc4c3ccc3ncc5ccccc5c34)c2C1(C)C.[Ir].[c-]1ccccc1-c1ccccn1. The summed E-state index contributed by atoms with van der Waals surface area (Å²) in [6, 6.07) is 39.4. The van der Waals surface area contributed by atoms with Crippen LogP contribution in [0, 0.1) is 12.1 Å². The Morgan fingerprint density at radius 1 is 0.652 bits per heavy atom. The van der Waals surface area contributed by atoms with Gasteiger partial charge in [0, 0.05) is 44.1 Å². The van der Waals surface area contributed by atoms with E-state index in [1.165, 1.54) is 11.1 Å². The van der Waals surface area contributed by atoms with E-state index in [0.717, 1.165) is 66.1 Å². The van der Waals surface area contributed by atoms with E-state index < -0.39 is 0 Å². The number of hydrogen-bond acceptors (Lipinski definition) is 4. The smallest absolute Gasteiger partial charge is 0.133 e. The molecule has 1 aliphatic rings. The molecule has 0 atom stereocenters. The second kappa shape index (κ2) is 11.3. The summed E-state index contributed by atoms with van der Waals surface area (Å²) < 4.78 is 6.83. The summed E-state index contributed by atoms with van der Waals surface area (Å²) in [7, 11) is 0. The van der Waals surface area contributed by atoms with E-state index in [0.29, 0.717) is 0 Å². The van der Waals surface area contributed by atoms with Gasteiger partial charge in [0.05, 0.1) is 16.5 Å². The van der Waals surface area contributed by atoms with Gasteiger partial charge >= 0.3 is 0 Å². The average molecular weight is 774 g/mol. The minimum Gasteiger partial charge on any atom is -0.475 e. The summed E-state index contributed by atoms with van der Waals surface area (Å²) >= 11 is 0. The van der Waals surface area contributed by atoms with Crippen molar-refractivity contribution in [3.05, 3.63) is 139 Å². The molecule has 227 valence electrons. The Balaban J connectivity index is 0.000000220. The number of fused-ring (bicyclic) bond motifs is 11. The molecular weight excluding hydrogens is 743 g/mol. The van der Waals surface area contributed by atoms with E-state index in [-0.39, 0.29) is 30.9 Å². The number of pyridine rings is 3. The molecule has 0 spiro atoms. The van der Waals surface area contributed by atoms with Gasteiger partial charge in [-0.15, -0.1) is 53.6 Å². The van der Waals surface area contributed by atoms with Gasteiger partial charge in [-0.25, -0.2) is 0 Å². The first-order valence-electron chi connectivity index (χ1n) is 15.3. The molecule has 5 heteroatoms. The van der Waals surface area contributed by atoms with Crippen molar-refractivity contribution in [2.24, 2.45) is 0 Å². The molecule has 0 fully saturated rings. The Kier molecular flexibility index (Phi) is 7.35. The fraction of sp³-hybridized carbons (Fsp3) is 0.146. The van der Waals surface area contributed by atoms with Crippen LogP contribution in [0.3, 0.4) is 0 Å². The first kappa shape index (κ1) is 30.0. The van der Waals surface area contributed by atoms with E-state index in [2.05, 4.69) is 93.3 Å². The molecule has 9 rings (SSSR count). The Morgan fingerprint density at radius 3 is 2.26 bits per heavy atom. The van der Waals surface area contributed by atoms with Crippen molar-refractivity contribution in [1.82, 2.24) is 15.0 Å². The molecule has 0 saturated heterocycles. The predicted molar refractivity (Wildman–Crippen MR) is 183 cm³/mol. The van der Waals surface area contributed by atoms with Crippen LogP contribution in [0.15, 0.2) is 120 Å². The third-order valence-electron chi connectivity index (χ3n) is 9.84. The van der Waals surface area contributed by atoms with E-state index in [1.54, 1.807) is 6.20 Å². The Hall–Kier alpha value is -4.70. The zero-order valence-corrected chi connectivity index (χ0v) is 28.4. The molecule has 0 unspecified atom stereocenters. The number of furan rings is 1. The fourth-order valence-electron chi connectivity index (χ4n) is 6.79. The average Bonchev–Trinajstić information content (AvgIpc) is 3.47. The van der Waals surface area contributed by atoms with Gasteiger partial charge in [0.15, 0.2) is 0 Å². The molecule has 4 heterocycles. The number of benzene rings is 4. The molecule has 4 nitrogen and oxygen atoms in total. The van der Waals surface area contributed by atoms with E-state index in [1.807, 2.05) is 60.9 Å². The molecule has 0 aliphatic heterocycles. The summed E-state index contributed by atoms with van der Waals surface area (Å²) in [6.45, 7) is 9.25. The maximum absolute atomic E-state index is 6.83. The Labute approximate surface area is 281 Å². The minimum absolute atomic E-state index is 0. The van der Waals surface area contributed by atoms with Crippen molar-refractivity contribution in [1.29, 1.82) is 0 Å². The zero-order valence-electron chi connectivity index (χ0n) is 26.1. The van der Waals surface area contributed by atoms with Gasteiger partial charge in [-0.1, -0.05) is 92.7 Å². The van der Waals surface area contributed by atoms with Crippen LogP contribution in [-0.2, 0) is 30.9 Å². The van der Waals surface area contributed by atoms with Crippen LogP contribution in [-0.4, -0.2) is 15.0 Å². The van der Waals surface area contributed by atoms with Crippen molar-refractivity contribution in [3.8, 4) is 22.5 Å². The molecular formula is C41H31IrN3O-2. The molecule has 1 radical (unpaired) electrons. The predicted octanol–water partition coefficient (Wildman–Crippen LogP) is 10.3. The minimum atomic E-state index is -0.182. The van der Waals surface area contributed by atoms with E-state index in [4.69, 9.17) is 14.4 Å². The first-order chi connectivity index (χ1) is 21.9. The molecule has 46 heavy (non-hydrogen) atoms. The summed E-state index contributed by atoms with van der Waals surface area (Å²) in [5.74, 6) is 0. The quantitative estimate of drug-likeness (QED) is 0.123. The third kappa shape index (κ3) is 4.49. The summed E-state index contributed by atoms with van der Waals surface area (Å²) in [6.07, 6.45) is 5.60. The summed E-state index contributed by atoms with van der Waals surface area (Å²) in [4.78, 5) is 13.7. The monoisotopic (exact) mass is 774 g/mol. The number of aromatic nitrogens is 3. The van der Waals surface area contributed by atoms with Gasteiger partial charge in [-0.05, 0) is 51.2 Å². The van der Waals surface area contributed by atoms with Crippen LogP contribution < -0.4 is 0 Å². The van der Waals surface area contributed by atoms with Gasteiger partial charge in [-0.2, -0.15) is 0 Å². The van der Waals surface area contributed by atoms with Gasteiger partial charge in [0.2, 0.25) is 0 Å². The maximum Gasteiger partial charge on any atom is 0.133 e. The van der Waals surface area contributed by atoms with Gasteiger partial charge in [0.25, 0.3) is 0 Å². The van der Waals surface area contributed by atoms with Crippen LogP contribution in [0.1, 0.15) is 38.8 Å². The number of hydrogen-bond donors (Lipinski definition) is 0. The summed E-state index contributed by atoms with van der Waals surface area (Å²) in [5, 5.41) is 5.56. The molecule has 0 amide bonds. The molecule has 4 aromatic carbocycles. The number of nitrogens with zero attached hydrogens (tertiary/aromatic N) is 3. The Morgan fingerprint density at radius 2 is 1.46 bits per heavy atom. The van der Waals surface area contributed by atoms with Crippen LogP contribution in [0.4, 0.5) is 0 Å². The van der Waals surface area contributed by atoms with Gasteiger partial charge < -0.3 is 14.4 Å². The normalized spacial score (nSPS) is 14.3. The molecule has 8 aromatic rings. The van der Waals surface area contributed by atoms with Crippen LogP contribution in [0.5, 0.6) is 0 Å². The largest absolute Gasteiger partial charge is 0.475 e. The van der Waals surface area contributed by atoms with Crippen LogP contribution in [0.2, 0.25) is 0 Å². The molecule has 4 aromatic heterocycles. The standard InChI is InChI=1S/C30H23N2O.C11H8N.Ir/c1-29(2)22-10-7-15-31-26(22)21-12-11-20-19-13-14-23-24(18-9-6-5-8-17(18)16-32-23)27(19)33-28(20)25(21)30(29,3)4;1-2-6-10(7-3-1)11-8-4-5-9-12-11;/h5-11,13-16H,1-4H3;1-6,8-9H;/q2*-1;. The van der Waals surface area contributed by atoms with Crippen molar-refractivity contribution in [2.75, 3.05) is 0 Å². The number of rotatable bonds is 1. The van der Waals surface area contributed by atoms with Crippen LogP contribution in [0.25, 0.3) is 66.1 Å². The van der Waals surface area contributed by atoms with E-state index >= 15 is 0 Å². The van der Waals surface area contributed by atoms with Crippen molar-refractivity contribution < 1.29 is 24.5 Å². The zero-order chi connectivity index (χ0) is 30.8. The molecule has 1 aliphatic carbocycles. The van der Waals surface area contributed by atoms with Gasteiger partial charge in [0.1, 0.15) is 5.58 Å². The van der Waals surface area contributed by atoms with E-state index in [9.17, 15) is 0 Å².